The molecule has 0 aromatic heterocycles. The van der Waals surface area contributed by atoms with Gasteiger partial charge in [0.1, 0.15) is 0 Å². The largest absolute Gasteiger partial charge is 0.330 e. The van der Waals surface area contributed by atoms with Crippen LogP contribution in [-0.2, 0) is 0 Å². The summed E-state index contributed by atoms with van der Waals surface area (Å²) in [5, 5.41) is 0.774. The summed E-state index contributed by atoms with van der Waals surface area (Å²) in [5.74, 6) is 2.40. The number of nitrogens with two attached hydrogens (primary N) is 1. The molecule has 2 heteroatoms. The van der Waals surface area contributed by atoms with Gasteiger partial charge in [-0.25, -0.2) is 0 Å². The van der Waals surface area contributed by atoms with E-state index < -0.39 is 0 Å². The third kappa shape index (κ3) is 3.81. The zero-order valence-electron chi connectivity index (χ0n) is 8.09. The molecule has 0 bridgehead atoms. The van der Waals surface area contributed by atoms with Gasteiger partial charge in [-0.1, -0.05) is 19.8 Å². The topological polar surface area (TPSA) is 26.0 Å². The summed E-state index contributed by atoms with van der Waals surface area (Å²) in [6.07, 6.45) is 7.06. The predicted octanol–water partition coefficient (Wildman–Crippen LogP) is 2.65. The van der Waals surface area contributed by atoms with E-state index in [9.17, 15) is 0 Å². The van der Waals surface area contributed by atoms with Crippen LogP contribution in [0, 0.1) is 5.92 Å². The summed E-state index contributed by atoms with van der Waals surface area (Å²) >= 11 is 2.12. The van der Waals surface area contributed by atoms with Crippen molar-refractivity contribution in [2.24, 2.45) is 11.7 Å². The quantitative estimate of drug-likeness (QED) is 0.716. The van der Waals surface area contributed by atoms with Crippen molar-refractivity contribution in [1.82, 2.24) is 0 Å². The van der Waals surface area contributed by atoms with E-state index in [0.717, 1.165) is 17.7 Å². The molecule has 1 rings (SSSR count). The highest BCUT2D eigenvalue weighted by molar-refractivity contribution is 7.99. The van der Waals surface area contributed by atoms with Crippen molar-refractivity contribution in [2.75, 3.05) is 12.3 Å². The summed E-state index contributed by atoms with van der Waals surface area (Å²) in [6.45, 7) is 3.14. The summed E-state index contributed by atoms with van der Waals surface area (Å²) in [6, 6.07) is 0. The Morgan fingerprint density at radius 2 is 2.08 bits per heavy atom. The Hall–Kier alpha value is 0.310. The molecule has 1 aliphatic rings. The molecular formula is C10H21NS. The Labute approximate surface area is 80.5 Å². The van der Waals surface area contributed by atoms with Gasteiger partial charge >= 0.3 is 0 Å². The lowest BCUT2D eigenvalue weighted by Crippen LogP contribution is -2.09. The Bertz CT molecular complexity index is 110. The van der Waals surface area contributed by atoms with Gasteiger partial charge in [0.05, 0.1) is 0 Å². The van der Waals surface area contributed by atoms with E-state index in [-0.39, 0.29) is 0 Å². The Morgan fingerprint density at radius 1 is 1.42 bits per heavy atom. The molecular weight excluding hydrogens is 166 g/mol. The lowest BCUT2D eigenvalue weighted by Gasteiger charge is -2.13. The van der Waals surface area contributed by atoms with Crippen LogP contribution in [0.25, 0.3) is 0 Å². The van der Waals surface area contributed by atoms with E-state index in [1.807, 2.05) is 0 Å². The number of rotatable bonds is 5. The molecule has 1 unspecified atom stereocenters. The highest BCUT2D eigenvalue weighted by Crippen LogP contribution is 2.29. The molecule has 0 spiro atoms. The fraction of sp³-hybridized carbons (Fsp3) is 1.00. The van der Waals surface area contributed by atoms with Crippen LogP contribution in [0.3, 0.4) is 0 Å². The molecule has 0 saturated heterocycles. The van der Waals surface area contributed by atoms with Crippen molar-refractivity contribution in [2.45, 2.75) is 44.3 Å². The molecule has 1 saturated carbocycles. The number of hydrogen-bond donors (Lipinski definition) is 1. The average Bonchev–Trinajstić information content (AvgIpc) is 2.53. The third-order valence-corrected chi connectivity index (χ3v) is 4.13. The van der Waals surface area contributed by atoms with Crippen LogP contribution in [0.5, 0.6) is 0 Å². The molecule has 1 atom stereocenters. The lowest BCUT2D eigenvalue weighted by molar-refractivity contribution is 0.621. The molecule has 0 radical (unpaired) electrons. The van der Waals surface area contributed by atoms with Gasteiger partial charge in [0.15, 0.2) is 0 Å². The maximum absolute atomic E-state index is 5.50. The molecule has 2 N–H and O–H groups in total. The van der Waals surface area contributed by atoms with Crippen LogP contribution >= 0.6 is 11.8 Å². The van der Waals surface area contributed by atoms with E-state index in [2.05, 4.69) is 18.7 Å². The second-order valence-electron chi connectivity index (χ2n) is 3.87. The maximum atomic E-state index is 5.50. The van der Waals surface area contributed by atoms with Crippen LogP contribution in [0.15, 0.2) is 0 Å². The molecule has 0 aromatic rings. The molecule has 1 nitrogen and oxygen atoms in total. The second kappa shape index (κ2) is 5.87. The van der Waals surface area contributed by atoms with Gasteiger partial charge < -0.3 is 5.73 Å². The van der Waals surface area contributed by atoms with Gasteiger partial charge in [0.25, 0.3) is 0 Å². The van der Waals surface area contributed by atoms with Crippen molar-refractivity contribution < 1.29 is 0 Å². The van der Waals surface area contributed by atoms with Crippen LogP contribution in [0.4, 0.5) is 0 Å². The van der Waals surface area contributed by atoms with Crippen LogP contribution in [-0.4, -0.2) is 17.5 Å². The zero-order valence-corrected chi connectivity index (χ0v) is 8.91. The van der Waals surface area contributed by atoms with Crippen LogP contribution in [0.1, 0.15) is 39.0 Å². The first-order valence-corrected chi connectivity index (χ1v) is 6.19. The van der Waals surface area contributed by atoms with Gasteiger partial charge in [-0.15, -0.1) is 0 Å². The van der Waals surface area contributed by atoms with Crippen molar-refractivity contribution in [3.05, 3.63) is 0 Å². The van der Waals surface area contributed by atoms with E-state index >= 15 is 0 Å². The highest BCUT2D eigenvalue weighted by Gasteiger charge is 2.15. The monoisotopic (exact) mass is 187 g/mol. The molecule has 72 valence electrons. The third-order valence-electron chi connectivity index (χ3n) is 2.66. The maximum Gasteiger partial charge on any atom is 0.00308 e. The number of thioether (sulfide) groups is 1. The van der Waals surface area contributed by atoms with Gasteiger partial charge in [-0.05, 0) is 37.5 Å². The van der Waals surface area contributed by atoms with Gasteiger partial charge in [-0.2, -0.15) is 11.8 Å². The minimum absolute atomic E-state index is 0.774. The molecule has 0 amide bonds. The van der Waals surface area contributed by atoms with E-state index in [4.69, 9.17) is 5.73 Å². The van der Waals surface area contributed by atoms with Crippen molar-refractivity contribution in [3.63, 3.8) is 0 Å². The Balaban J connectivity index is 1.99. The van der Waals surface area contributed by atoms with Crippen molar-refractivity contribution >= 4 is 11.8 Å². The fourth-order valence-electron chi connectivity index (χ4n) is 1.80. The van der Waals surface area contributed by atoms with E-state index in [0.29, 0.717) is 0 Å². The Kier molecular flexibility index (Phi) is 5.08. The first-order valence-electron chi connectivity index (χ1n) is 5.14. The molecule has 1 aliphatic carbocycles. The van der Waals surface area contributed by atoms with Gasteiger partial charge in [0.2, 0.25) is 0 Å². The second-order valence-corrected chi connectivity index (χ2v) is 5.34. The molecule has 0 aromatic carbocycles. The summed E-state index contributed by atoms with van der Waals surface area (Å²) in [4.78, 5) is 0. The summed E-state index contributed by atoms with van der Waals surface area (Å²) in [5.41, 5.74) is 5.50. The standard InChI is InChI=1S/C10H21NS/c1-9(6-7-11)12-8-10-4-2-3-5-10/h9-10H,2-8,11H2,1H3. The summed E-state index contributed by atoms with van der Waals surface area (Å²) in [7, 11) is 0. The normalized spacial score (nSPS) is 21.5. The first-order chi connectivity index (χ1) is 5.83. The minimum atomic E-state index is 0.774. The summed E-state index contributed by atoms with van der Waals surface area (Å²) < 4.78 is 0. The average molecular weight is 187 g/mol. The molecule has 1 fully saturated rings. The smallest absolute Gasteiger partial charge is 0.00308 e. The number of hydrogen-bond acceptors (Lipinski definition) is 2. The minimum Gasteiger partial charge on any atom is -0.330 e. The van der Waals surface area contributed by atoms with Crippen molar-refractivity contribution in [1.29, 1.82) is 0 Å². The van der Waals surface area contributed by atoms with Crippen LogP contribution in [0.2, 0.25) is 0 Å². The SMILES string of the molecule is CC(CCN)SCC1CCCC1. The predicted molar refractivity (Wildman–Crippen MR) is 57.5 cm³/mol. The fourth-order valence-corrected chi connectivity index (χ4v) is 3.03. The van der Waals surface area contributed by atoms with Crippen LogP contribution < -0.4 is 5.73 Å². The van der Waals surface area contributed by atoms with Crippen molar-refractivity contribution in [3.8, 4) is 0 Å². The first kappa shape index (κ1) is 10.4. The van der Waals surface area contributed by atoms with E-state index in [1.54, 1.807) is 0 Å². The lowest BCUT2D eigenvalue weighted by atomic mass is 10.1. The zero-order chi connectivity index (χ0) is 8.81. The highest BCUT2D eigenvalue weighted by atomic mass is 32.2. The van der Waals surface area contributed by atoms with E-state index in [1.165, 1.54) is 37.9 Å². The molecule has 0 aliphatic heterocycles. The Morgan fingerprint density at radius 3 is 2.67 bits per heavy atom. The van der Waals surface area contributed by atoms with Gasteiger partial charge in [-0.3, -0.25) is 0 Å². The van der Waals surface area contributed by atoms with Gasteiger partial charge in [0, 0.05) is 5.25 Å². The molecule has 0 heterocycles. The molecule has 12 heavy (non-hydrogen) atoms.